The molecule has 0 aliphatic heterocycles. The molecule has 6 nitrogen and oxygen atoms in total. The van der Waals surface area contributed by atoms with Gasteiger partial charge in [-0.25, -0.2) is 4.98 Å². The number of anilines is 3. The Morgan fingerprint density at radius 2 is 1.95 bits per heavy atom. The molecule has 21 heavy (non-hydrogen) atoms. The largest absolute Gasteiger partial charge is 0.495 e. The molecule has 0 saturated carbocycles. The number of ether oxygens (including phenoxy) is 1. The fraction of sp³-hybridized carbons (Fsp3) is 0.286. The third kappa shape index (κ3) is 2.92. The Hall–Kier alpha value is -2.28. The minimum atomic E-state index is -0.206. The van der Waals surface area contributed by atoms with Gasteiger partial charge in [0.25, 0.3) is 5.91 Å². The molecule has 2 rings (SSSR count). The van der Waals surface area contributed by atoms with Gasteiger partial charge in [0.1, 0.15) is 16.4 Å². The van der Waals surface area contributed by atoms with Crippen LogP contribution in [0, 0.1) is 0 Å². The zero-order valence-corrected chi connectivity index (χ0v) is 13.3. The molecule has 112 valence electrons. The predicted molar refractivity (Wildman–Crippen MR) is 86.6 cm³/mol. The highest BCUT2D eigenvalue weighted by atomic mass is 32.1. The van der Waals surface area contributed by atoms with Gasteiger partial charge in [-0.05, 0) is 12.1 Å². The zero-order chi connectivity index (χ0) is 15.6. The lowest BCUT2D eigenvalue weighted by Gasteiger charge is -2.19. The van der Waals surface area contributed by atoms with E-state index in [1.165, 1.54) is 16.2 Å². The summed E-state index contributed by atoms with van der Waals surface area (Å²) in [6.07, 6.45) is 0. The van der Waals surface area contributed by atoms with Gasteiger partial charge in [0.15, 0.2) is 5.13 Å². The van der Waals surface area contributed by atoms with Gasteiger partial charge in [-0.15, -0.1) is 0 Å². The number of aromatic nitrogens is 1. The van der Waals surface area contributed by atoms with Gasteiger partial charge in [-0.2, -0.15) is 0 Å². The molecular formula is C14H18N4O2S. The number of methoxy groups -OCH3 is 1. The highest BCUT2D eigenvalue weighted by Gasteiger charge is 2.23. The maximum absolute atomic E-state index is 12.6. The molecule has 0 spiro atoms. The Morgan fingerprint density at radius 3 is 2.52 bits per heavy atom. The minimum Gasteiger partial charge on any atom is -0.495 e. The molecule has 1 aromatic heterocycles. The van der Waals surface area contributed by atoms with Gasteiger partial charge in [0, 0.05) is 21.1 Å². The van der Waals surface area contributed by atoms with Crippen LogP contribution in [0.2, 0.25) is 0 Å². The first kappa shape index (κ1) is 15.1. The highest BCUT2D eigenvalue weighted by molar-refractivity contribution is 7.18. The van der Waals surface area contributed by atoms with E-state index < -0.39 is 0 Å². The molecule has 7 heteroatoms. The number of amides is 1. The van der Waals surface area contributed by atoms with E-state index in [1.54, 1.807) is 20.2 Å². The molecule has 2 N–H and O–H groups in total. The molecule has 0 fully saturated rings. The average Bonchev–Trinajstić information content (AvgIpc) is 2.88. The van der Waals surface area contributed by atoms with Crippen molar-refractivity contribution in [3.63, 3.8) is 0 Å². The van der Waals surface area contributed by atoms with Crippen LogP contribution < -0.4 is 20.3 Å². The van der Waals surface area contributed by atoms with Crippen LogP contribution in [0.4, 0.5) is 16.6 Å². The molecular weight excluding hydrogens is 288 g/mol. The van der Waals surface area contributed by atoms with Crippen LogP contribution in [0.25, 0.3) is 0 Å². The maximum Gasteiger partial charge on any atom is 0.272 e. The number of nitrogens with two attached hydrogens (primary N) is 1. The van der Waals surface area contributed by atoms with Crippen molar-refractivity contribution in [2.24, 2.45) is 0 Å². The molecule has 0 unspecified atom stereocenters. The standard InChI is InChI=1S/C14H18N4O2S/c1-17(2)14-16-12(15)11(21-14)13(19)18(3)9-7-5-6-8-10(9)20-4/h5-8H,15H2,1-4H3. The van der Waals surface area contributed by atoms with Gasteiger partial charge < -0.3 is 20.3 Å². The molecule has 0 aliphatic rings. The second-order valence-electron chi connectivity index (χ2n) is 4.64. The van der Waals surface area contributed by atoms with Crippen molar-refractivity contribution in [3.8, 4) is 5.75 Å². The summed E-state index contributed by atoms with van der Waals surface area (Å²) in [6.45, 7) is 0. The van der Waals surface area contributed by atoms with Crippen molar-refractivity contribution >= 4 is 33.9 Å². The van der Waals surface area contributed by atoms with Crippen LogP contribution in [-0.4, -0.2) is 39.1 Å². The van der Waals surface area contributed by atoms with Crippen molar-refractivity contribution in [1.29, 1.82) is 0 Å². The zero-order valence-electron chi connectivity index (χ0n) is 12.5. The first-order chi connectivity index (χ1) is 9.95. The van der Waals surface area contributed by atoms with Crippen LogP contribution in [0.3, 0.4) is 0 Å². The van der Waals surface area contributed by atoms with E-state index >= 15 is 0 Å². The number of para-hydroxylation sites is 2. The maximum atomic E-state index is 12.6. The van der Waals surface area contributed by atoms with Crippen LogP contribution >= 0.6 is 11.3 Å². The number of benzene rings is 1. The Balaban J connectivity index is 2.35. The fourth-order valence-corrected chi connectivity index (χ4v) is 2.72. The molecule has 2 aromatic rings. The summed E-state index contributed by atoms with van der Waals surface area (Å²) in [4.78, 5) is 20.6. The van der Waals surface area contributed by atoms with E-state index in [0.29, 0.717) is 21.4 Å². The quantitative estimate of drug-likeness (QED) is 0.936. The number of nitrogen functional groups attached to an aromatic ring is 1. The molecule has 0 saturated heterocycles. The normalized spacial score (nSPS) is 10.3. The second-order valence-corrected chi connectivity index (χ2v) is 5.62. The molecule has 0 radical (unpaired) electrons. The molecule has 1 aromatic carbocycles. The van der Waals surface area contributed by atoms with Crippen molar-refractivity contribution in [3.05, 3.63) is 29.1 Å². The van der Waals surface area contributed by atoms with E-state index in [2.05, 4.69) is 4.98 Å². The first-order valence-electron chi connectivity index (χ1n) is 6.30. The summed E-state index contributed by atoms with van der Waals surface area (Å²) in [6, 6.07) is 7.33. The van der Waals surface area contributed by atoms with E-state index in [0.717, 1.165) is 0 Å². The number of carbonyl (C=O) groups excluding carboxylic acids is 1. The summed E-state index contributed by atoms with van der Waals surface area (Å²) < 4.78 is 5.28. The number of hydrogen-bond acceptors (Lipinski definition) is 6. The van der Waals surface area contributed by atoms with Crippen LogP contribution in [0.15, 0.2) is 24.3 Å². The number of carbonyl (C=O) groups is 1. The minimum absolute atomic E-state index is 0.206. The lowest BCUT2D eigenvalue weighted by Crippen LogP contribution is -2.26. The Kier molecular flexibility index (Phi) is 4.32. The van der Waals surface area contributed by atoms with E-state index in [1.807, 2.05) is 37.2 Å². The Labute approximate surface area is 127 Å². The average molecular weight is 306 g/mol. The van der Waals surface area contributed by atoms with Gasteiger partial charge in [-0.1, -0.05) is 23.5 Å². The fourth-order valence-electron chi connectivity index (χ4n) is 1.83. The Morgan fingerprint density at radius 1 is 1.29 bits per heavy atom. The van der Waals surface area contributed by atoms with Gasteiger partial charge >= 0.3 is 0 Å². The molecule has 0 aliphatic carbocycles. The van der Waals surface area contributed by atoms with Crippen molar-refractivity contribution < 1.29 is 9.53 Å². The highest BCUT2D eigenvalue weighted by Crippen LogP contribution is 2.32. The van der Waals surface area contributed by atoms with Gasteiger partial charge in [0.2, 0.25) is 0 Å². The monoisotopic (exact) mass is 306 g/mol. The van der Waals surface area contributed by atoms with Crippen molar-refractivity contribution in [2.45, 2.75) is 0 Å². The van der Waals surface area contributed by atoms with Crippen molar-refractivity contribution in [1.82, 2.24) is 4.98 Å². The second kappa shape index (κ2) is 6.01. The van der Waals surface area contributed by atoms with Gasteiger partial charge in [-0.3, -0.25) is 4.79 Å². The molecule has 1 amide bonds. The molecule has 1 heterocycles. The lowest BCUT2D eigenvalue weighted by atomic mass is 10.2. The first-order valence-corrected chi connectivity index (χ1v) is 7.12. The Bertz CT molecular complexity index is 654. The number of rotatable bonds is 4. The summed E-state index contributed by atoms with van der Waals surface area (Å²) in [5.74, 6) is 0.669. The molecule has 0 bridgehead atoms. The summed E-state index contributed by atoms with van der Waals surface area (Å²) in [5, 5.41) is 0.698. The van der Waals surface area contributed by atoms with E-state index in [9.17, 15) is 4.79 Å². The van der Waals surface area contributed by atoms with E-state index in [4.69, 9.17) is 10.5 Å². The molecule has 0 atom stereocenters. The predicted octanol–water partition coefficient (Wildman–Crippen LogP) is 2.08. The summed E-state index contributed by atoms with van der Waals surface area (Å²) in [7, 11) is 6.98. The van der Waals surface area contributed by atoms with Gasteiger partial charge in [0.05, 0.1) is 12.8 Å². The topological polar surface area (TPSA) is 71.7 Å². The third-order valence-corrected chi connectivity index (χ3v) is 4.20. The third-order valence-electron chi connectivity index (χ3n) is 2.97. The number of thiazole rings is 1. The SMILES string of the molecule is COc1ccccc1N(C)C(=O)c1sc(N(C)C)nc1N. The van der Waals surface area contributed by atoms with Crippen LogP contribution in [-0.2, 0) is 0 Å². The van der Waals surface area contributed by atoms with Crippen LogP contribution in [0.5, 0.6) is 5.75 Å². The summed E-state index contributed by atoms with van der Waals surface area (Å²) in [5.41, 5.74) is 6.54. The smallest absolute Gasteiger partial charge is 0.272 e. The lowest BCUT2D eigenvalue weighted by molar-refractivity contribution is 0.0997. The number of nitrogens with zero attached hydrogens (tertiary/aromatic N) is 3. The van der Waals surface area contributed by atoms with E-state index in [-0.39, 0.29) is 11.7 Å². The summed E-state index contributed by atoms with van der Waals surface area (Å²) >= 11 is 1.27. The van der Waals surface area contributed by atoms with Crippen molar-refractivity contribution in [2.75, 3.05) is 43.8 Å². The number of hydrogen-bond donors (Lipinski definition) is 1. The van der Waals surface area contributed by atoms with Crippen LogP contribution in [0.1, 0.15) is 9.67 Å².